The summed E-state index contributed by atoms with van der Waals surface area (Å²) in [4.78, 5) is 52.0. The van der Waals surface area contributed by atoms with Crippen molar-refractivity contribution >= 4 is 11.6 Å². The summed E-state index contributed by atoms with van der Waals surface area (Å²) in [6, 6.07) is 2.80. The summed E-state index contributed by atoms with van der Waals surface area (Å²) < 4.78 is 9.69. The van der Waals surface area contributed by atoms with Gasteiger partial charge in [0.1, 0.15) is 18.1 Å². The smallest absolute Gasteiger partial charge is 0.347 e. The van der Waals surface area contributed by atoms with Gasteiger partial charge < -0.3 is 9.52 Å². The molecule has 1 aliphatic heterocycles. The first-order valence-corrected chi connectivity index (χ1v) is 10.2. The Balaban J connectivity index is 1.78. The minimum atomic E-state index is -1.09. The summed E-state index contributed by atoms with van der Waals surface area (Å²) in [5, 5.41) is 9.48. The highest BCUT2D eigenvalue weighted by Crippen LogP contribution is 2.59. The number of aromatic nitrogens is 3. The van der Waals surface area contributed by atoms with Crippen LogP contribution in [0.1, 0.15) is 43.7 Å². The molecule has 1 N–H and O–H groups in total. The molecule has 0 amide bonds. The second-order valence-corrected chi connectivity index (χ2v) is 8.79. The number of aliphatic hydroxyl groups is 1. The fourth-order valence-electron chi connectivity index (χ4n) is 5.59. The molecule has 9 nitrogen and oxygen atoms in total. The number of carbonyl (C=O) groups is 2. The predicted molar refractivity (Wildman–Crippen MR) is 108 cm³/mol. The van der Waals surface area contributed by atoms with Gasteiger partial charge in [-0.1, -0.05) is 13.0 Å². The van der Waals surface area contributed by atoms with Gasteiger partial charge in [0.2, 0.25) is 0 Å². The number of Topliss-reactive ketones (excluding diaryl/α,β-unsaturated/α-hetero) is 1. The lowest BCUT2D eigenvalue weighted by Gasteiger charge is -2.51. The van der Waals surface area contributed by atoms with Crippen LogP contribution in [0.3, 0.4) is 0 Å². The highest BCUT2D eigenvalue weighted by Gasteiger charge is 2.60. The van der Waals surface area contributed by atoms with E-state index in [-0.39, 0.29) is 31.1 Å². The summed E-state index contributed by atoms with van der Waals surface area (Å²) >= 11 is 0. The van der Waals surface area contributed by atoms with Crippen molar-refractivity contribution in [3.05, 3.63) is 67.9 Å². The Kier molecular flexibility index (Phi) is 4.08. The molecule has 4 unspecified atom stereocenters. The maximum absolute atomic E-state index is 13.3. The summed E-state index contributed by atoms with van der Waals surface area (Å²) in [5.41, 5.74) is -0.806. The van der Waals surface area contributed by atoms with Gasteiger partial charge in [-0.05, 0) is 42.7 Å². The molecule has 0 aromatic carbocycles. The van der Waals surface area contributed by atoms with Crippen molar-refractivity contribution in [3.63, 3.8) is 0 Å². The topological polar surface area (TPSA) is 116 Å². The molecule has 5 rings (SSSR count). The summed E-state index contributed by atoms with van der Waals surface area (Å²) in [6.45, 7) is 3.29. The van der Waals surface area contributed by atoms with Crippen LogP contribution < -0.4 is 11.4 Å². The van der Waals surface area contributed by atoms with Crippen molar-refractivity contribution < 1.29 is 19.1 Å². The maximum atomic E-state index is 13.3. The molecule has 2 aromatic rings. The number of carbonyl (C=O) groups excluding carboxylic acids is 2. The van der Waals surface area contributed by atoms with Gasteiger partial charge in [-0.2, -0.15) is 0 Å². The van der Waals surface area contributed by atoms with Crippen molar-refractivity contribution in [1.82, 2.24) is 13.9 Å². The maximum Gasteiger partial charge on any atom is 0.347 e. The minimum absolute atomic E-state index is 0.136. The molecule has 1 saturated carbocycles. The van der Waals surface area contributed by atoms with Gasteiger partial charge in [-0.25, -0.2) is 23.5 Å². The second-order valence-electron chi connectivity index (χ2n) is 8.79. The summed E-state index contributed by atoms with van der Waals surface area (Å²) in [5.74, 6) is -0.764. The average molecular weight is 425 g/mol. The molecular weight excluding hydrogens is 402 g/mol. The highest BCUT2D eigenvalue weighted by atomic mass is 16.4. The summed E-state index contributed by atoms with van der Waals surface area (Å²) in [6.07, 6.45) is 3.50. The van der Waals surface area contributed by atoms with Crippen LogP contribution >= 0.6 is 0 Å². The number of allylic oxidation sites excluding steroid dienone is 4. The van der Waals surface area contributed by atoms with Crippen molar-refractivity contribution in [2.24, 2.45) is 18.4 Å². The van der Waals surface area contributed by atoms with Crippen LogP contribution in [0.5, 0.6) is 0 Å². The Hall–Kier alpha value is -3.20. The van der Waals surface area contributed by atoms with E-state index in [9.17, 15) is 24.3 Å². The van der Waals surface area contributed by atoms with Crippen molar-refractivity contribution in [3.8, 4) is 0 Å². The molecule has 162 valence electrons. The van der Waals surface area contributed by atoms with E-state index >= 15 is 0 Å². The van der Waals surface area contributed by atoms with Crippen molar-refractivity contribution in [2.75, 3.05) is 0 Å². The van der Waals surface area contributed by atoms with Gasteiger partial charge >= 0.3 is 11.4 Å². The fourth-order valence-corrected chi connectivity index (χ4v) is 5.59. The Morgan fingerprint density at radius 2 is 1.94 bits per heavy atom. The van der Waals surface area contributed by atoms with Crippen LogP contribution in [0.4, 0.5) is 0 Å². The van der Waals surface area contributed by atoms with E-state index < -0.39 is 34.7 Å². The van der Waals surface area contributed by atoms with Gasteiger partial charge in [0.15, 0.2) is 11.6 Å². The number of hydrogen-bond donors (Lipinski definition) is 1. The largest absolute Gasteiger partial charge is 0.463 e. The average Bonchev–Trinajstić information content (AvgIpc) is 3.30. The van der Waals surface area contributed by atoms with Crippen LogP contribution in [-0.2, 0) is 29.8 Å². The van der Waals surface area contributed by atoms with Gasteiger partial charge in [-0.15, -0.1) is 0 Å². The van der Waals surface area contributed by atoms with Crippen LogP contribution in [0, 0.1) is 11.3 Å². The first kappa shape index (κ1) is 19.7. The van der Waals surface area contributed by atoms with Crippen molar-refractivity contribution in [1.29, 1.82) is 0 Å². The molecule has 3 aliphatic rings. The van der Waals surface area contributed by atoms with Gasteiger partial charge in [-0.3, -0.25) is 9.59 Å². The Morgan fingerprint density at radius 3 is 2.61 bits per heavy atom. The number of aliphatic hydroxyl groups excluding tert-OH is 1. The normalized spacial score (nSPS) is 29.7. The van der Waals surface area contributed by atoms with E-state index in [1.807, 2.05) is 6.08 Å². The molecule has 1 fully saturated rings. The van der Waals surface area contributed by atoms with Gasteiger partial charge in [0.25, 0.3) is 0 Å². The third kappa shape index (κ3) is 2.40. The zero-order chi connectivity index (χ0) is 22.2. The standard InChI is InChI=1S/C22H23N3O6/c1-11-8-17(27)22(2)14(19(11)28)9-15-13(18(22)16-5-4-12(10-26)31-16)6-7-24-20(29)23(3)21(30)25(15)24/h4-6,8,14-15,18,26H,7,9-10H2,1-3H3. The van der Waals surface area contributed by atoms with E-state index in [2.05, 4.69) is 0 Å². The highest BCUT2D eigenvalue weighted by molar-refractivity contribution is 6.12. The van der Waals surface area contributed by atoms with Crippen LogP contribution in [0.15, 0.2) is 49.4 Å². The molecule has 0 saturated heterocycles. The lowest BCUT2D eigenvalue weighted by Crippen LogP contribution is -2.54. The molecular formula is C22H23N3O6. The van der Waals surface area contributed by atoms with Gasteiger partial charge in [0.05, 0.1) is 23.9 Å². The zero-order valence-electron chi connectivity index (χ0n) is 17.5. The Morgan fingerprint density at radius 1 is 1.19 bits per heavy atom. The van der Waals surface area contributed by atoms with E-state index in [0.717, 1.165) is 10.1 Å². The number of rotatable bonds is 2. The lowest BCUT2D eigenvalue weighted by atomic mass is 9.52. The number of ketones is 2. The molecule has 0 radical (unpaired) electrons. The second kappa shape index (κ2) is 6.40. The van der Waals surface area contributed by atoms with E-state index in [4.69, 9.17) is 4.42 Å². The molecule has 31 heavy (non-hydrogen) atoms. The van der Waals surface area contributed by atoms with Gasteiger partial charge in [0, 0.05) is 13.0 Å². The molecule has 0 spiro atoms. The zero-order valence-corrected chi connectivity index (χ0v) is 17.5. The van der Waals surface area contributed by atoms with E-state index in [0.29, 0.717) is 17.1 Å². The molecule has 3 heterocycles. The molecule has 2 aliphatic carbocycles. The van der Waals surface area contributed by atoms with E-state index in [1.165, 1.54) is 22.5 Å². The first-order chi connectivity index (χ1) is 14.7. The predicted octanol–water partition coefficient (Wildman–Crippen LogP) is 0.823. The minimum Gasteiger partial charge on any atom is -0.463 e. The number of fused-ring (bicyclic) bond motifs is 4. The first-order valence-electron chi connectivity index (χ1n) is 10.2. The Labute approximate surface area is 176 Å². The SMILES string of the molecule is CC1=CC(=O)C2(C)C(CC3C(=CCn4c(=O)n(C)c(=O)n43)C2c2ccc(CO)o2)C1=O. The lowest BCUT2D eigenvalue weighted by molar-refractivity contribution is -0.139. The van der Waals surface area contributed by atoms with Crippen LogP contribution in [-0.4, -0.2) is 30.6 Å². The monoisotopic (exact) mass is 425 g/mol. The molecule has 2 aromatic heterocycles. The van der Waals surface area contributed by atoms with E-state index in [1.54, 1.807) is 26.0 Å². The molecule has 0 bridgehead atoms. The number of furan rings is 1. The molecule has 9 heteroatoms. The van der Waals surface area contributed by atoms with Crippen LogP contribution in [0.25, 0.3) is 0 Å². The summed E-state index contributed by atoms with van der Waals surface area (Å²) in [7, 11) is 1.43. The third-order valence-electron chi connectivity index (χ3n) is 7.25. The van der Waals surface area contributed by atoms with Crippen molar-refractivity contribution in [2.45, 2.75) is 45.4 Å². The van der Waals surface area contributed by atoms with Crippen LogP contribution in [0.2, 0.25) is 0 Å². The Bertz CT molecular complexity index is 1320. The number of nitrogens with zero attached hydrogens (tertiary/aromatic N) is 3. The molecule has 4 atom stereocenters. The third-order valence-corrected chi connectivity index (χ3v) is 7.25. The quantitative estimate of drug-likeness (QED) is 0.713. The fraction of sp³-hybridized carbons (Fsp3) is 0.455. The number of hydrogen-bond acceptors (Lipinski definition) is 6.